The Morgan fingerprint density at radius 3 is 2.26 bits per heavy atom. The van der Waals surface area contributed by atoms with Crippen LogP contribution in [0.25, 0.3) is 0 Å². The summed E-state index contributed by atoms with van der Waals surface area (Å²) in [5.41, 5.74) is 1.31. The van der Waals surface area contributed by atoms with Crippen molar-refractivity contribution in [2.24, 2.45) is 0 Å². The van der Waals surface area contributed by atoms with E-state index in [0.717, 1.165) is 29.1 Å². The number of carbonyl (C=O) groups excluding carboxylic acids is 1. The van der Waals surface area contributed by atoms with Crippen LogP contribution in [0.15, 0.2) is 81.0 Å². The van der Waals surface area contributed by atoms with Crippen molar-refractivity contribution in [3.8, 4) is 5.75 Å². The number of hydrogen-bond donors (Lipinski definition) is 1. The number of piperidine rings is 1. The molecule has 0 aromatic heterocycles. The van der Waals surface area contributed by atoms with Crippen molar-refractivity contribution in [2.45, 2.75) is 36.0 Å². The summed E-state index contributed by atoms with van der Waals surface area (Å²) in [6.45, 7) is 2.17. The first kappa shape index (κ1) is 29.1. The molecule has 1 fully saturated rings. The SMILES string of the molecule is COc1ccc(S(=O)(=O)N2CCCCC2)cc1NC(=O)CN(c1cccc(Br)c1)S(=O)(=O)c1ccc(C)cc1. The van der Waals surface area contributed by atoms with Crippen LogP contribution in [0.5, 0.6) is 5.75 Å². The molecule has 0 unspecified atom stereocenters. The number of anilines is 2. The Bertz CT molecular complexity index is 1550. The minimum Gasteiger partial charge on any atom is -0.495 e. The Labute approximate surface area is 238 Å². The van der Waals surface area contributed by atoms with E-state index in [2.05, 4.69) is 21.2 Å². The van der Waals surface area contributed by atoms with Crippen LogP contribution in [0, 0.1) is 6.92 Å². The lowest BCUT2D eigenvalue weighted by molar-refractivity contribution is -0.114. The molecule has 208 valence electrons. The highest BCUT2D eigenvalue weighted by molar-refractivity contribution is 9.10. The summed E-state index contributed by atoms with van der Waals surface area (Å²) >= 11 is 3.36. The number of nitrogens with zero attached hydrogens (tertiary/aromatic N) is 2. The van der Waals surface area contributed by atoms with Crippen LogP contribution in [-0.2, 0) is 24.8 Å². The van der Waals surface area contributed by atoms with Gasteiger partial charge in [-0.3, -0.25) is 9.10 Å². The van der Waals surface area contributed by atoms with Crippen LogP contribution in [0.2, 0.25) is 0 Å². The zero-order valence-corrected chi connectivity index (χ0v) is 24.9. The number of aryl methyl sites for hydroxylation is 1. The van der Waals surface area contributed by atoms with E-state index >= 15 is 0 Å². The van der Waals surface area contributed by atoms with E-state index in [1.165, 1.54) is 41.7 Å². The summed E-state index contributed by atoms with van der Waals surface area (Å²) in [4.78, 5) is 13.4. The minimum absolute atomic E-state index is 0.0247. The van der Waals surface area contributed by atoms with Gasteiger partial charge in [-0.25, -0.2) is 16.8 Å². The molecule has 1 saturated heterocycles. The molecule has 1 heterocycles. The van der Waals surface area contributed by atoms with E-state index in [0.29, 0.717) is 17.6 Å². The molecule has 0 bridgehead atoms. The van der Waals surface area contributed by atoms with Gasteiger partial charge in [0.2, 0.25) is 15.9 Å². The van der Waals surface area contributed by atoms with Gasteiger partial charge in [0, 0.05) is 17.6 Å². The van der Waals surface area contributed by atoms with Gasteiger partial charge < -0.3 is 10.1 Å². The summed E-state index contributed by atoms with van der Waals surface area (Å²) in [7, 11) is -6.48. The second-order valence-electron chi connectivity index (χ2n) is 9.18. The number of methoxy groups -OCH3 is 1. The minimum atomic E-state index is -4.12. The first-order chi connectivity index (χ1) is 18.5. The van der Waals surface area contributed by atoms with Crippen molar-refractivity contribution in [1.82, 2.24) is 4.31 Å². The largest absolute Gasteiger partial charge is 0.495 e. The van der Waals surface area contributed by atoms with Crippen LogP contribution < -0.4 is 14.4 Å². The summed E-state index contributed by atoms with van der Waals surface area (Å²) in [5, 5.41) is 2.66. The Balaban J connectivity index is 1.65. The van der Waals surface area contributed by atoms with Gasteiger partial charge >= 0.3 is 0 Å². The van der Waals surface area contributed by atoms with Gasteiger partial charge in [-0.2, -0.15) is 4.31 Å². The van der Waals surface area contributed by atoms with E-state index < -0.39 is 32.5 Å². The molecule has 12 heteroatoms. The van der Waals surface area contributed by atoms with Crippen molar-refractivity contribution in [3.05, 3.63) is 76.8 Å². The van der Waals surface area contributed by atoms with E-state index in [-0.39, 0.29) is 26.9 Å². The highest BCUT2D eigenvalue weighted by Crippen LogP contribution is 2.31. The van der Waals surface area contributed by atoms with Gasteiger partial charge in [0.1, 0.15) is 12.3 Å². The molecule has 1 aliphatic heterocycles. The van der Waals surface area contributed by atoms with Crippen molar-refractivity contribution < 1.29 is 26.4 Å². The number of rotatable bonds is 9. The normalized spacial score (nSPS) is 14.5. The smallest absolute Gasteiger partial charge is 0.264 e. The van der Waals surface area contributed by atoms with Gasteiger partial charge in [0.05, 0.1) is 28.3 Å². The number of hydrogen-bond acceptors (Lipinski definition) is 6. The highest BCUT2D eigenvalue weighted by atomic mass is 79.9. The standard InChI is InChI=1S/C27H30BrN3O6S2/c1-20-9-11-23(12-10-20)39(35,36)31(22-8-6-7-21(28)17-22)19-27(32)29-25-18-24(13-14-26(25)37-2)38(33,34)30-15-4-3-5-16-30/h6-14,17-18H,3-5,15-16,19H2,1-2H3,(H,29,32). The monoisotopic (exact) mass is 635 g/mol. The first-order valence-corrected chi connectivity index (χ1v) is 16.0. The number of benzene rings is 3. The number of amides is 1. The van der Waals surface area contributed by atoms with Crippen molar-refractivity contribution in [1.29, 1.82) is 0 Å². The zero-order chi connectivity index (χ0) is 28.2. The number of halogens is 1. The summed E-state index contributed by atoms with van der Waals surface area (Å²) < 4.78 is 62.2. The van der Waals surface area contributed by atoms with E-state index in [4.69, 9.17) is 4.74 Å². The lowest BCUT2D eigenvalue weighted by atomic mass is 10.2. The molecule has 1 N–H and O–H groups in total. The van der Waals surface area contributed by atoms with Crippen LogP contribution in [0.1, 0.15) is 24.8 Å². The Morgan fingerprint density at radius 1 is 0.949 bits per heavy atom. The Kier molecular flexibility index (Phi) is 9.00. The molecule has 3 aromatic rings. The average Bonchev–Trinajstić information content (AvgIpc) is 2.92. The van der Waals surface area contributed by atoms with Crippen LogP contribution in [-0.4, -0.2) is 53.8 Å². The molecule has 0 atom stereocenters. The second-order valence-corrected chi connectivity index (χ2v) is 13.9. The van der Waals surface area contributed by atoms with Gasteiger partial charge in [-0.15, -0.1) is 0 Å². The zero-order valence-electron chi connectivity index (χ0n) is 21.6. The molecule has 0 saturated carbocycles. The molecular weight excluding hydrogens is 606 g/mol. The number of carbonyl (C=O) groups is 1. The molecule has 39 heavy (non-hydrogen) atoms. The Hall–Kier alpha value is -2.93. The third kappa shape index (κ3) is 6.63. The average molecular weight is 637 g/mol. The maximum absolute atomic E-state index is 13.6. The molecule has 0 radical (unpaired) electrons. The topological polar surface area (TPSA) is 113 Å². The predicted octanol–water partition coefficient (Wildman–Crippen LogP) is 4.77. The highest BCUT2D eigenvalue weighted by Gasteiger charge is 2.29. The summed E-state index contributed by atoms with van der Waals surface area (Å²) in [6.07, 6.45) is 2.57. The maximum Gasteiger partial charge on any atom is 0.264 e. The van der Waals surface area contributed by atoms with E-state index in [9.17, 15) is 21.6 Å². The van der Waals surface area contributed by atoms with Gasteiger partial charge in [-0.1, -0.05) is 46.1 Å². The fraction of sp³-hybridized carbons (Fsp3) is 0.296. The lowest BCUT2D eigenvalue weighted by Crippen LogP contribution is -2.38. The fourth-order valence-corrected chi connectivity index (χ4v) is 7.65. The molecule has 1 amide bonds. The molecule has 0 spiro atoms. The fourth-order valence-electron chi connectivity index (χ4n) is 4.30. The van der Waals surface area contributed by atoms with Gasteiger partial charge in [0.15, 0.2) is 0 Å². The molecule has 4 rings (SSSR count). The molecular formula is C27H30BrN3O6S2. The number of ether oxygens (including phenoxy) is 1. The van der Waals surface area contributed by atoms with Crippen molar-refractivity contribution in [3.63, 3.8) is 0 Å². The number of nitrogens with one attached hydrogen (secondary N) is 1. The quantitative estimate of drug-likeness (QED) is 0.362. The van der Waals surface area contributed by atoms with E-state index in [1.54, 1.807) is 36.4 Å². The van der Waals surface area contributed by atoms with Crippen molar-refractivity contribution >= 4 is 53.3 Å². The van der Waals surface area contributed by atoms with Crippen LogP contribution in [0.3, 0.4) is 0 Å². The maximum atomic E-state index is 13.6. The third-order valence-corrected chi connectivity index (χ3v) is 10.6. The second kappa shape index (κ2) is 12.1. The van der Waals surface area contributed by atoms with Crippen LogP contribution >= 0.6 is 15.9 Å². The summed E-state index contributed by atoms with van der Waals surface area (Å²) in [6, 6.07) is 17.2. The molecule has 9 nitrogen and oxygen atoms in total. The summed E-state index contributed by atoms with van der Waals surface area (Å²) in [5.74, 6) is -0.423. The molecule has 3 aromatic carbocycles. The van der Waals surface area contributed by atoms with Gasteiger partial charge in [-0.05, 0) is 68.3 Å². The van der Waals surface area contributed by atoms with Crippen molar-refractivity contribution in [2.75, 3.05) is 36.4 Å². The van der Waals surface area contributed by atoms with Gasteiger partial charge in [0.25, 0.3) is 10.0 Å². The van der Waals surface area contributed by atoms with Crippen LogP contribution in [0.4, 0.5) is 11.4 Å². The molecule has 1 aliphatic rings. The first-order valence-electron chi connectivity index (χ1n) is 12.4. The lowest BCUT2D eigenvalue weighted by Gasteiger charge is -2.26. The van der Waals surface area contributed by atoms with E-state index in [1.807, 2.05) is 6.92 Å². The molecule has 0 aliphatic carbocycles. The predicted molar refractivity (Wildman–Crippen MR) is 154 cm³/mol. The Morgan fingerprint density at radius 2 is 1.62 bits per heavy atom. The number of sulfonamides is 2. The third-order valence-electron chi connectivity index (χ3n) is 6.39.